The molecule has 0 atom stereocenters. The van der Waals surface area contributed by atoms with Crippen LogP contribution in [0, 0.1) is 27.7 Å². The fraction of sp³-hybridized carbons (Fsp3) is 0.520. The number of fused-ring (bicyclic) bond motifs is 2. The Morgan fingerprint density at radius 2 is 0.926 bits per heavy atom. The Morgan fingerprint density at radius 1 is 0.593 bits per heavy atom. The number of hydrogen-bond donors (Lipinski definition) is 0. The summed E-state index contributed by atoms with van der Waals surface area (Å²) in [6.07, 6.45) is 1.70. The molecule has 0 N–H and O–H groups in total. The lowest BCUT2D eigenvalue weighted by molar-refractivity contribution is -0.166. The van der Waals surface area contributed by atoms with Crippen molar-refractivity contribution in [3.63, 3.8) is 0 Å². The average molecular weight is 365 g/mol. The molecule has 0 bridgehead atoms. The smallest absolute Gasteiger partial charge is 0.252 e. The van der Waals surface area contributed by atoms with Crippen LogP contribution in [0.15, 0.2) is 24.3 Å². The molecule has 2 heterocycles. The van der Waals surface area contributed by atoms with Crippen molar-refractivity contribution < 1.29 is 9.47 Å². The van der Waals surface area contributed by atoms with E-state index >= 15 is 0 Å². The van der Waals surface area contributed by atoms with Crippen LogP contribution in [-0.2, 0) is 10.8 Å². The molecule has 2 heteroatoms. The maximum Gasteiger partial charge on any atom is 0.252 e. The van der Waals surface area contributed by atoms with E-state index in [-0.39, 0.29) is 10.8 Å². The van der Waals surface area contributed by atoms with Crippen molar-refractivity contribution in [3.05, 3.63) is 57.6 Å². The first kappa shape index (κ1) is 18.4. The van der Waals surface area contributed by atoms with Gasteiger partial charge in [0.25, 0.3) is 5.79 Å². The van der Waals surface area contributed by atoms with E-state index in [0.717, 1.165) is 24.3 Å². The number of aryl methyl sites for hydroxylation is 4. The Labute approximate surface area is 163 Å². The van der Waals surface area contributed by atoms with Gasteiger partial charge in [-0.15, -0.1) is 0 Å². The Bertz CT molecular complexity index is 856. The van der Waals surface area contributed by atoms with Gasteiger partial charge < -0.3 is 9.47 Å². The summed E-state index contributed by atoms with van der Waals surface area (Å²) in [5.74, 6) is 1.35. The molecule has 0 aliphatic carbocycles. The molecule has 0 aromatic heterocycles. The van der Waals surface area contributed by atoms with Crippen molar-refractivity contribution in [1.82, 2.24) is 0 Å². The second kappa shape index (κ2) is 5.53. The molecular formula is C25H32O2. The maximum atomic E-state index is 6.67. The van der Waals surface area contributed by atoms with Crippen molar-refractivity contribution >= 4 is 0 Å². The van der Waals surface area contributed by atoms with Crippen LogP contribution < -0.4 is 9.47 Å². The SMILES string of the molecule is Cc1cc2c(cc1C)C(C)(C)CC1(CC(C)(C)c3cc(C)c(C)cc3O1)O2. The maximum absolute atomic E-state index is 6.67. The van der Waals surface area contributed by atoms with E-state index in [4.69, 9.17) is 9.47 Å². The van der Waals surface area contributed by atoms with Crippen LogP contribution in [0.4, 0.5) is 0 Å². The molecule has 0 saturated carbocycles. The summed E-state index contributed by atoms with van der Waals surface area (Å²) in [7, 11) is 0. The number of hydrogen-bond acceptors (Lipinski definition) is 2. The van der Waals surface area contributed by atoms with Gasteiger partial charge in [0.1, 0.15) is 11.5 Å². The lowest BCUT2D eigenvalue weighted by Crippen LogP contribution is -2.55. The Morgan fingerprint density at radius 3 is 1.30 bits per heavy atom. The van der Waals surface area contributed by atoms with Crippen molar-refractivity contribution in [2.75, 3.05) is 0 Å². The van der Waals surface area contributed by atoms with Crippen LogP contribution in [0.25, 0.3) is 0 Å². The van der Waals surface area contributed by atoms with Gasteiger partial charge in [-0.3, -0.25) is 0 Å². The van der Waals surface area contributed by atoms with Crippen LogP contribution in [-0.4, -0.2) is 5.79 Å². The van der Waals surface area contributed by atoms with Crippen molar-refractivity contribution in [1.29, 1.82) is 0 Å². The van der Waals surface area contributed by atoms with E-state index in [0.29, 0.717) is 0 Å². The first-order valence-corrected chi connectivity index (χ1v) is 10.0. The molecule has 0 unspecified atom stereocenters. The molecular weight excluding hydrogens is 332 g/mol. The zero-order chi connectivity index (χ0) is 19.8. The van der Waals surface area contributed by atoms with Crippen molar-refractivity contribution in [2.24, 2.45) is 0 Å². The predicted octanol–water partition coefficient (Wildman–Crippen LogP) is 6.44. The van der Waals surface area contributed by atoms with E-state index in [2.05, 4.69) is 79.7 Å². The molecule has 2 aliphatic rings. The van der Waals surface area contributed by atoms with Gasteiger partial charge in [-0.25, -0.2) is 0 Å². The normalized spacial score (nSPS) is 21.0. The summed E-state index contributed by atoms with van der Waals surface area (Å²) in [5.41, 5.74) is 7.77. The lowest BCUT2D eigenvalue weighted by Gasteiger charge is -2.51. The van der Waals surface area contributed by atoms with E-state index in [1.165, 1.54) is 33.4 Å². The van der Waals surface area contributed by atoms with Crippen molar-refractivity contribution in [3.8, 4) is 11.5 Å². The summed E-state index contributed by atoms with van der Waals surface area (Å²) in [5, 5.41) is 0. The van der Waals surface area contributed by atoms with E-state index < -0.39 is 5.79 Å². The van der Waals surface area contributed by atoms with Crippen molar-refractivity contribution in [2.45, 2.75) is 84.8 Å². The average Bonchev–Trinajstić information content (AvgIpc) is 2.50. The zero-order valence-corrected chi connectivity index (χ0v) is 18.0. The summed E-state index contributed by atoms with van der Waals surface area (Å²) in [6.45, 7) is 17.9. The Hall–Kier alpha value is -1.96. The van der Waals surface area contributed by atoms with Gasteiger partial charge in [-0.2, -0.15) is 0 Å². The van der Waals surface area contributed by atoms with Crippen LogP contribution in [0.2, 0.25) is 0 Å². The van der Waals surface area contributed by atoms with E-state index in [1.807, 2.05) is 0 Å². The minimum absolute atomic E-state index is 0.000627. The molecule has 144 valence electrons. The molecule has 27 heavy (non-hydrogen) atoms. The largest absolute Gasteiger partial charge is 0.452 e. The minimum atomic E-state index is -0.615. The fourth-order valence-corrected chi connectivity index (χ4v) is 4.97. The second-order valence-corrected chi connectivity index (χ2v) is 10.1. The molecule has 0 fully saturated rings. The summed E-state index contributed by atoms with van der Waals surface area (Å²) in [6, 6.07) is 8.99. The third-order valence-corrected chi connectivity index (χ3v) is 6.66. The molecule has 0 saturated heterocycles. The summed E-state index contributed by atoms with van der Waals surface area (Å²) >= 11 is 0. The monoisotopic (exact) mass is 364 g/mol. The minimum Gasteiger partial charge on any atom is -0.452 e. The Kier molecular flexibility index (Phi) is 3.77. The molecule has 4 rings (SSSR count). The topological polar surface area (TPSA) is 18.5 Å². The third-order valence-electron chi connectivity index (χ3n) is 6.66. The highest BCUT2D eigenvalue weighted by Gasteiger charge is 2.53. The highest BCUT2D eigenvalue weighted by atomic mass is 16.7. The molecule has 0 radical (unpaired) electrons. The second-order valence-electron chi connectivity index (χ2n) is 10.1. The molecule has 0 amide bonds. The fourth-order valence-electron chi connectivity index (χ4n) is 4.97. The first-order chi connectivity index (χ1) is 12.4. The van der Waals surface area contributed by atoms with Crippen LogP contribution in [0.3, 0.4) is 0 Å². The van der Waals surface area contributed by atoms with Gasteiger partial charge in [-0.1, -0.05) is 39.8 Å². The zero-order valence-electron chi connectivity index (χ0n) is 18.0. The molecule has 2 nitrogen and oxygen atoms in total. The predicted molar refractivity (Wildman–Crippen MR) is 111 cm³/mol. The van der Waals surface area contributed by atoms with Gasteiger partial charge in [0, 0.05) is 34.8 Å². The molecule has 2 aromatic carbocycles. The van der Waals surface area contributed by atoms with Crippen LogP contribution >= 0.6 is 0 Å². The van der Waals surface area contributed by atoms with E-state index in [9.17, 15) is 0 Å². The van der Waals surface area contributed by atoms with Gasteiger partial charge in [-0.05, 0) is 62.1 Å². The third kappa shape index (κ3) is 2.85. The lowest BCUT2D eigenvalue weighted by atomic mass is 9.68. The number of rotatable bonds is 0. The molecule has 2 aliphatic heterocycles. The van der Waals surface area contributed by atoms with Gasteiger partial charge in [0.05, 0.1) is 0 Å². The highest BCUT2D eigenvalue weighted by molar-refractivity contribution is 5.50. The number of ether oxygens (including phenoxy) is 2. The Balaban J connectivity index is 1.85. The van der Waals surface area contributed by atoms with E-state index in [1.54, 1.807) is 0 Å². The molecule has 1 spiro atoms. The first-order valence-electron chi connectivity index (χ1n) is 10.0. The number of benzene rings is 2. The standard InChI is InChI=1S/C25H32O2/c1-15-9-19-21(11-17(15)3)26-25(13-23(19,5)6)14-24(7,8)20-10-16(2)18(4)12-22(20)27-25/h9-12H,13-14H2,1-8H3. The highest BCUT2D eigenvalue weighted by Crippen LogP contribution is 2.54. The summed E-state index contributed by atoms with van der Waals surface area (Å²) in [4.78, 5) is 0. The van der Waals surface area contributed by atoms with Gasteiger partial charge >= 0.3 is 0 Å². The van der Waals surface area contributed by atoms with Crippen LogP contribution in [0.1, 0.15) is 73.9 Å². The molecule has 2 aromatic rings. The van der Waals surface area contributed by atoms with Gasteiger partial charge in [0.2, 0.25) is 0 Å². The van der Waals surface area contributed by atoms with Crippen LogP contribution in [0.5, 0.6) is 11.5 Å². The van der Waals surface area contributed by atoms with Gasteiger partial charge in [0.15, 0.2) is 0 Å². The summed E-state index contributed by atoms with van der Waals surface area (Å²) < 4.78 is 13.3. The quantitative estimate of drug-likeness (QED) is 0.536.